The standard InChI is InChI=1S/C11H10N2O2/c12-11(14)7-15-10-3-1-2-8-4-5-13-6-9(8)10/h1-6H,7H2,(H2,12,14). The summed E-state index contributed by atoms with van der Waals surface area (Å²) in [6.07, 6.45) is 3.41. The number of nitrogens with zero attached hydrogens (tertiary/aromatic N) is 1. The molecule has 1 amide bonds. The molecule has 0 fully saturated rings. The van der Waals surface area contributed by atoms with Crippen molar-refractivity contribution >= 4 is 16.7 Å². The molecule has 2 rings (SSSR count). The number of benzene rings is 1. The monoisotopic (exact) mass is 202 g/mol. The van der Waals surface area contributed by atoms with E-state index in [4.69, 9.17) is 10.5 Å². The molecule has 76 valence electrons. The molecule has 0 saturated heterocycles. The maximum atomic E-state index is 10.6. The van der Waals surface area contributed by atoms with Gasteiger partial charge in [0.15, 0.2) is 6.61 Å². The van der Waals surface area contributed by atoms with Gasteiger partial charge in [-0.2, -0.15) is 0 Å². The maximum absolute atomic E-state index is 10.6. The van der Waals surface area contributed by atoms with Crippen molar-refractivity contribution in [2.45, 2.75) is 0 Å². The van der Waals surface area contributed by atoms with E-state index in [1.165, 1.54) is 0 Å². The molecule has 2 N–H and O–H groups in total. The lowest BCUT2D eigenvalue weighted by Gasteiger charge is -2.06. The zero-order chi connectivity index (χ0) is 10.7. The molecule has 0 unspecified atom stereocenters. The minimum Gasteiger partial charge on any atom is -0.483 e. The van der Waals surface area contributed by atoms with Gasteiger partial charge in [-0.15, -0.1) is 0 Å². The Bertz CT molecular complexity index is 491. The number of carbonyl (C=O) groups excluding carboxylic acids is 1. The fourth-order valence-electron chi connectivity index (χ4n) is 1.36. The first-order valence-corrected chi connectivity index (χ1v) is 4.51. The second-order valence-corrected chi connectivity index (χ2v) is 3.11. The number of fused-ring (bicyclic) bond motifs is 1. The second kappa shape index (κ2) is 3.96. The smallest absolute Gasteiger partial charge is 0.255 e. The minimum atomic E-state index is -0.490. The molecule has 0 radical (unpaired) electrons. The molecular formula is C11H10N2O2. The molecule has 2 aromatic rings. The molecule has 1 aromatic heterocycles. The summed E-state index contributed by atoms with van der Waals surface area (Å²) in [4.78, 5) is 14.6. The van der Waals surface area contributed by atoms with E-state index in [0.29, 0.717) is 5.75 Å². The Balaban J connectivity index is 2.38. The topological polar surface area (TPSA) is 65.2 Å². The van der Waals surface area contributed by atoms with Gasteiger partial charge in [-0.25, -0.2) is 0 Å². The zero-order valence-corrected chi connectivity index (χ0v) is 8.01. The molecule has 1 aromatic carbocycles. The van der Waals surface area contributed by atoms with Crippen LogP contribution in [0.4, 0.5) is 0 Å². The van der Waals surface area contributed by atoms with Gasteiger partial charge in [0.05, 0.1) is 0 Å². The Kier molecular flexibility index (Phi) is 2.49. The van der Waals surface area contributed by atoms with Gasteiger partial charge in [-0.05, 0) is 17.5 Å². The molecule has 0 saturated carbocycles. The van der Waals surface area contributed by atoms with Crippen LogP contribution in [-0.2, 0) is 4.79 Å². The van der Waals surface area contributed by atoms with E-state index in [0.717, 1.165) is 10.8 Å². The number of pyridine rings is 1. The Hall–Kier alpha value is -2.10. The summed E-state index contributed by atoms with van der Waals surface area (Å²) in [7, 11) is 0. The van der Waals surface area contributed by atoms with Crippen LogP contribution in [0.25, 0.3) is 10.8 Å². The van der Waals surface area contributed by atoms with E-state index >= 15 is 0 Å². The number of hydrogen-bond acceptors (Lipinski definition) is 3. The van der Waals surface area contributed by atoms with Crippen LogP contribution >= 0.6 is 0 Å². The van der Waals surface area contributed by atoms with E-state index in [-0.39, 0.29) is 6.61 Å². The van der Waals surface area contributed by atoms with E-state index in [2.05, 4.69) is 4.98 Å². The number of nitrogens with two attached hydrogens (primary N) is 1. The molecule has 0 aliphatic rings. The quantitative estimate of drug-likeness (QED) is 0.810. The normalized spacial score (nSPS) is 10.1. The van der Waals surface area contributed by atoms with Crippen LogP contribution < -0.4 is 10.5 Å². The SMILES string of the molecule is NC(=O)COc1cccc2ccncc12. The number of rotatable bonds is 3. The van der Waals surface area contributed by atoms with Crippen LogP contribution in [0.1, 0.15) is 0 Å². The lowest BCUT2D eigenvalue weighted by atomic mass is 10.1. The third-order valence-electron chi connectivity index (χ3n) is 2.01. The lowest BCUT2D eigenvalue weighted by molar-refractivity contribution is -0.119. The van der Waals surface area contributed by atoms with Crippen LogP contribution in [-0.4, -0.2) is 17.5 Å². The fraction of sp³-hybridized carbons (Fsp3) is 0.0909. The third-order valence-corrected chi connectivity index (χ3v) is 2.01. The predicted molar refractivity (Wildman–Crippen MR) is 56.4 cm³/mol. The van der Waals surface area contributed by atoms with Gasteiger partial charge in [0, 0.05) is 17.8 Å². The van der Waals surface area contributed by atoms with Crippen LogP contribution in [0.15, 0.2) is 36.7 Å². The Labute approximate surface area is 86.7 Å². The molecule has 15 heavy (non-hydrogen) atoms. The van der Waals surface area contributed by atoms with Gasteiger partial charge >= 0.3 is 0 Å². The summed E-state index contributed by atoms with van der Waals surface area (Å²) in [5.74, 6) is 0.135. The predicted octanol–water partition coefficient (Wildman–Crippen LogP) is 1.10. The first kappa shape index (κ1) is 9.45. The highest BCUT2D eigenvalue weighted by Gasteiger charge is 2.02. The van der Waals surface area contributed by atoms with Crippen molar-refractivity contribution in [2.75, 3.05) is 6.61 Å². The summed E-state index contributed by atoms with van der Waals surface area (Å²) in [5.41, 5.74) is 5.00. The average molecular weight is 202 g/mol. The summed E-state index contributed by atoms with van der Waals surface area (Å²) in [5, 5.41) is 1.90. The van der Waals surface area contributed by atoms with Crippen molar-refractivity contribution in [2.24, 2.45) is 5.73 Å². The van der Waals surface area contributed by atoms with Crippen molar-refractivity contribution in [1.82, 2.24) is 4.98 Å². The molecule has 4 heteroatoms. The lowest BCUT2D eigenvalue weighted by Crippen LogP contribution is -2.20. The number of ether oxygens (including phenoxy) is 1. The van der Waals surface area contributed by atoms with Crippen LogP contribution in [0, 0.1) is 0 Å². The number of primary amides is 1. The molecule has 4 nitrogen and oxygen atoms in total. The zero-order valence-electron chi connectivity index (χ0n) is 8.01. The summed E-state index contributed by atoms with van der Waals surface area (Å²) >= 11 is 0. The first-order valence-electron chi connectivity index (χ1n) is 4.51. The fourth-order valence-corrected chi connectivity index (χ4v) is 1.36. The Morgan fingerprint density at radius 2 is 2.27 bits per heavy atom. The molecule has 0 aliphatic carbocycles. The summed E-state index contributed by atoms with van der Waals surface area (Å²) in [6.45, 7) is -0.117. The molecule has 1 heterocycles. The van der Waals surface area contributed by atoms with Gasteiger partial charge in [0.2, 0.25) is 0 Å². The van der Waals surface area contributed by atoms with Gasteiger partial charge in [-0.1, -0.05) is 12.1 Å². The van der Waals surface area contributed by atoms with Gasteiger partial charge in [0.25, 0.3) is 5.91 Å². The van der Waals surface area contributed by atoms with E-state index in [1.807, 2.05) is 18.2 Å². The van der Waals surface area contributed by atoms with Crippen LogP contribution in [0.2, 0.25) is 0 Å². The third kappa shape index (κ3) is 2.04. The molecule has 0 spiro atoms. The van der Waals surface area contributed by atoms with Gasteiger partial charge in [-0.3, -0.25) is 9.78 Å². The highest BCUT2D eigenvalue weighted by molar-refractivity contribution is 5.87. The number of aromatic nitrogens is 1. The van der Waals surface area contributed by atoms with E-state index in [1.54, 1.807) is 18.5 Å². The van der Waals surface area contributed by atoms with Gasteiger partial charge in [0.1, 0.15) is 5.75 Å². The number of carbonyl (C=O) groups is 1. The number of hydrogen-bond donors (Lipinski definition) is 1. The Morgan fingerprint density at radius 3 is 3.07 bits per heavy atom. The Morgan fingerprint density at radius 1 is 1.40 bits per heavy atom. The summed E-state index contributed by atoms with van der Waals surface area (Å²) < 4.78 is 5.27. The molecular weight excluding hydrogens is 192 g/mol. The second-order valence-electron chi connectivity index (χ2n) is 3.11. The van der Waals surface area contributed by atoms with E-state index < -0.39 is 5.91 Å². The molecule has 0 aliphatic heterocycles. The highest BCUT2D eigenvalue weighted by Crippen LogP contribution is 2.23. The van der Waals surface area contributed by atoms with Gasteiger partial charge < -0.3 is 10.5 Å². The first-order chi connectivity index (χ1) is 7.27. The summed E-state index contributed by atoms with van der Waals surface area (Å²) in [6, 6.07) is 7.48. The molecule has 0 bridgehead atoms. The van der Waals surface area contributed by atoms with Crippen molar-refractivity contribution in [3.05, 3.63) is 36.7 Å². The highest BCUT2D eigenvalue weighted by atomic mass is 16.5. The van der Waals surface area contributed by atoms with Crippen molar-refractivity contribution in [3.63, 3.8) is 0 Å². The van der Waals surface area contributed by atoms with Crippen molar-refractivity contribution in [3.8, 4) is 5.75 Å². The number of amides is 1. The largest absolute Gasteiger partial charge is 0.483 e. The average Bonchev–Trinajstić information content (AvgIpc) is 2.26. The van der Waals surface area contributed by atoms with Crippen LogP contribution in [0.3, 0.4) is 0 Å². The molecule has 0 atom stereocenters. The maximum Gasteiger partial charge on any atom is 0.255 e. The van der Waals surface area contributed by atoms with E-state index in [9.17, 15) is 4.79 Å². The van der Waals surface area contributed by atoms with Crippen molar-refractivity contribution < 1.29 is 9.53 Å². The van der Waals surface area contributed by atoms with Crippen molar-refractivity contribution in [1.29, 1.82) is 0 Å². The van der Waals surface area contributed by atoms with Crippen LogP contribution in [0.5, 0.6) is 5.75 Å². The minimum absolute atomic E-state index is 0.117.